The highest BCUT2D eigenvalue weighted by Gasteiger charge is 2.23. The van der Waals surface area contributed by atoms with E-state index in [9.17, 15) is 4.79 Å². The number of methoxy groups -OCH3 is 1. The molecule has 0 saturated carbocycles. The van der Waals surface area contributed by atoms with Crippen LogP contribution in [-0.2, 0) is 20.0 Å². The van der Waals surface area contributed by atoms with E-state index in [-0.39, 0.29) is 5.56 Å². The number of fused-ring (bicyclic) bond motifs is 4. The van der Waals surface area contributed by atoms with Crippen molar-refractivity contribution in [2.24, 2.45) is 7.05 Å². The van der Waals surface area contributed by atoms with Gasteiger partial charge < -0.3 is 9.64 Å². The van der Waals surface area contributed by atoms with Gasteiger partial charge in [0.1, 0.15) is 5.75 Å². The molecule has 0 bridgehead atoms. The largest absolute Gasteiger partial charge is 0.495 e. The molecular weight excluding hydrogens is 354 g/mol. The van der Waals surface area contributed by atoms with E-state index >= 15 is 0 Å². The zero-order valence-electron chi connectivity index (χ0n) is 15.9. The maximum atomic E-state index is 12.6. The molecule has 0 unspecified atom stereocenters. The first kappa shape index (κ1) is 16.8. The Labute approximate surface area is 161 Å². The number of benzene rings is 2. The van der Waals surface area contributed by atoms with Crippen LogP contribution in [0.15, 0.2) is 47.3 Å². The van der Waals surface area contributed by atoms with Crippen molar-refractivity contribution in [3.05, 3.63) is 64.2 Å². The highest BCUT2D eigenvalue weighted by atomic mass is 16.5. The molecule has 7 nitrogen and oxygen atoms in total. The Kier molecular flexibility index (Phi) is 3.82. The van der Waals surface area contributed by atoms with E-state index in [1.54, 1.807) is 18.7 Å². The molecule has 5 rings (SSSR count). The van der Waals surface area contributed by atoms with Gasteiger partial charge in [0.25, 0.3) is 5.56 Å². The third kappa shape index (κ3) is 2.39. The monoisotopic (exact) mass is 375 g/mol. The predicted octanol–water partition coefficient (Wildman–Crippen LogP) is 2.54. The minimum atomic E-state index is -0.0629. The summed E-state index contributed by atoms with van der Waals surface area (Å²) in [5.74, 6) is 2.24. The summed E-state index contributed by atoms with van der Waals surface area (Å²) >= 11 is 0. The molecule has 1 aliphatic rings. The van der Waals surface area contributed by atoms with Crippen LogP contribution in [0, 0.1) is 0 Å². The van der Waals surface area contributed by atoms with Gasteiger partial charge in [-0.05, 0) is 36.6 Å². The minimum Gasteiger partial charge on any atom is -0.495 e. The summed E-state index contributed by atoms with van der Waals surface area (Å²) in [4.78, 5) is 14.9. The van der Waals surface area contributed by atoms with E-state index in [2.05, 4.69) is 21.2 Å². The van der Waals surface area contributed by atoms with E-state index in [0.29, 0.717) is 17.7 Å². The Hall–Kier alpha value is -3.35. The van der Waals surface area contributed by atoms with Crippen molar-refractivity contribution >= 4 is 22.4 Å². The Balaban J connectivity index is 1.68. The van der Waals surface area contributed by atoms with Crippen molar-refractivity contribution in [1.82, 2.24) is 19.2 Å². The molecule has 0 saturated heterocycles. The molecule has 7 heteroatoms. The molecule has 0 radical (unpaired) electrons. The Morgan fingerprint density at radius 3 is 2.82 bits per heavy atom. The summed E-state index contributed by atoms with van der Waals surface area (Å²) in [6.07, 6.45) is 2.12. The molecule has 0 N–H and O–H groups in total. The second-order valence-electron chi connectivity index (χ2n) is 7.13. The number of rotatable bonds is 3. The SMILES string of the molecule is COc1cccc2c1N(Cc1nnc3n(C)c(=O)c4ccccc4n13)CCC2. The summed E-state index contributed by atoms with van der Waals surface area (Å²) in [5.41, 5.74) is 3.18. The van der Waals surface area contributed by atoms with Gasteiger partial charge in [-0.25, -0.2) is 0 Å². The van der Waals surface area contributed by atoms with Crippen molar-refractivity contribution in [2.45, 2.75) is 19.4 Å². The van der Waals surface area contributed by atoms with Crippen molar-refractivity contribution < 1.29 is 4.74 Å². The number of ether oxygens (including phenoxy) is 1. The van der Waals surface area contributed by atoms with E-state index in [1.807, 2.05) is 40.8 Å². The van der Waals surface area contributed by atoms with Gasteiger partial charge >= 0.3 is 0 Å². The van der Waals surface area contributed by atoms with Gasteiger partial charge in [-0.15, -0.1) is 10.2 Å². The molecule has 0 aliphatic carbocycles. The van der Waals surface area contributed by atoms with E-state index in [4.69, 9.17) is 4.74 Å². The molecule has 3 heterocycles. The van der Waals surface area contributed by atoms with Crippen LogP contribution in [0.5, 0.6) is 5.75 Å². The van der Waals surface area contributed by atoms with Crippen molar-refractivity contribution in [2.75, 3.05) is 18.6 Å². The molecule has 2 aromatic heterocycles. The highest BCUT2D eigenvalue weighted by Crippen LogP contribution is 2.36. The highest BCUT2D eigenvalue weighted by molar-refractivity contribution is 5.80. The van der Waals surface area contributed by atoms with Crippen LogP contribution in [0.4, 0.5) is 5.69 Å². The molecule has 4 aromatic rings. The lowest BCUT2D eigenvalue weighted by Gasteiger charge is -2.32. The van der Waals surface area contributed by atoms with E-state index < -0.39 is 0 Å². The summed E-state index contributed by atoms with van der Waals surface area (Å²) in [5, 5.41) is 9.41. The molecule has 1 aliphatic heterocycles. The second kappa shape index (κ2) is 6.37. The average Bonchev–Trinajstić information content (AvgIpc) is 3.15. The maximum absolute atomic E-state index is 12.6. The van der Waals surface area contributed by atoms with Crippen molar-refractivity contribution in [3.8, 4) is 5.75 Å². The number of nitrogens with zero attached hydrogens (tertiary/aromatic N) is 5. The number of hydrogen-bond acceptors (Lipinski definition) is 5. The van der Waals surface area contributed by atoms with Gasteiger partial charge in [0.2, 0.25) is 5.78 Å². The number of aromatic nitrogens is 4. The fraction of sp³-hybridized carbons (Fsp3) is 0.286. The molecule has 28 heavy (non-hydrogen) atoms. The van der Waals surface area contributed by atoms with Gasteiger partial charge in [0, 0.05) is 13.6 Å². The maximum Gasteiger partial charge on any atom is 0.262 e. The third-order valence-electron chi connectivity index (χ3n) is 5.52. The van der Waals surface area contributed by atoms with Crippen molar-refractivity contribution in [3.63, 3.8) is 0 Å². The summed E-state index contributed by atoms with van der Waals surface area (Å²) in [6, 6.07) is 13.8. The minimum absolute atomic E-state index is 0.0629. The standard InChI is InChI=1S/C21H21N5O2/c1-24-20(27)15-9-3-4-10-16(15)26-18(22-23-21(24)26)13-25-12-6-8-14-7-5-11-17(28-2)19(14)25/h3-5,7,9-11H,6,8,12-13H2,1-2H3. The van der Waals surface area contributed by atoms with E-state index in [0.717, 1.165) is 42.2 Å². The molecule has 0 atom stereocenters. The quantitative estimate of drug-likeness (QED) is 0.551. The summed E-state index contributed by atoms with van der Waals surface area (Å²) in [6.45, 7) is 1.52. The van der Waals surface area contributed by atoms with Gasteiger partial charge in [-0.2, -0.15) is 0 Å². The zero-order valence-corrected chi connectivity index (χ0v) is 15.9. The molecule has 142 valence electrons. The third-order valence-corrected chi connectivity index (χ3v) is 5.52. The van der Waals surface area contributed by atoms with Crippen molar-refractivity contribution in [1.29, 1.82) is 0 Å². The number of hydrogen-bond donors (Lipinski definition) is 0. The van der Waals surface area contributed by atoms with Crippen LogP contribution in [0.25, 0.3) is 16.7 Å². The fourth-order valence-corrected chi connectivity index (χ4v) is 4.19. The lowest BCUT2D eigenvalue weighted by molar-refractivity contribution is 0.412. The number of para-hydroxylation sites is 2. The lowest BCUT2D eigenvalue weighted by Crippen LogP contribution is -2.30. The molecular formula is C21H21N5O2. The second-order valence-corrected chi connectivity index (χ2v) is 7.13. The first-order valence-electron chi connectivity index (χ1n) is 9.41. The summed E-state index contributed by atoms with van der Waals surface area (Å²) in [7, 11) is 3.44. The van der Waals surface area contributed by atoms with Gasteiger partial charge in [-0.3, -0.25) is 13.8 Å². The lowest BCUT2D eigenvalue weighted by atomic mass is 10.0. The Morgan fingerprint density at radius 1 is 1.11 bits per heavy atom. The number of anilines is 1. The Morgan fingerprint density at radius 2 is 1.96 bits per heavy atom. The van der Waals surface area contributed by atoms with E-state index in [1.165, 1.54) is 5.56 Å². The first-order valence-corrected chi connectivity index (χ1v) is 9.41. The molecule has 0 amide bonds. The van der Waals surface area contributed by atoms with Crippen LogP contribution in [-0.4, -0.2) is 32.8 Å². The molecule has 0 fully saturated rings. The molecule has 2 aromatic carbocycles. The smallest absolute Gasteiger partial charge is 0.262 e. The number of aryl methyl sites for hydroxylation is 2. The molecule has 0 spiro atoms. The van der Waals surface area contributed by atoms with Crippen LogP contribution in [0.3, 0.4) is 0 Å². The van der Waals surface area contributed by atoms with Gasteiger partial charge in [0.15, 0.2) is 5.82 Å². The van der Waals surface area contributed by atoms with Crippen LogP contribution in [0.2, 0.25) is 0 Å². The normalized spacial score (nSPS) is 13.9. The van der Waals surface area contributed by atoms with Crippen LogP contribution >= 0.6 is 0 Å². The first-order chi connectivity index (χ1) is 13.7. The Bertz CT molecular complexity index is 1240. The van der Waals surface area contributed by atoms with Crippen LogP contribution < -0.4 is 15.2 Å². The van der Waals surface area contributed by atoms with Crippen LogP contribution in [0.1, 0.15) is 17.8 Å². The predicted molar refractivity (Wildman–Crippen MR) is 108 cm³/mol. The average molecular weight is 375 g/mol. The summed E-state index contributed by atoms with van der Waals surface area (Å²) < 4.78 is 9.17. The fourth-order valence-electron chi connectivity index (χ4n) is 4.19. The van der Waals surface area contributed by atoms with Gasteiger partial charge in [0.05, 0.1) is 30.2 Å². The van der Waals surface area contributed by atoms with Gasteiger partial charge in [-0.1, -0.05) is 24.3 Å². The topological polar surface area (TPSA) is 64.7 Å². The zero-order chi connectivity index (χ0) is 19.3.